The summed E-state index contributed by atoms with van der Waals surface area (Å²) in [5.74, 6) is 0.757. The summed E-state index contributed by atoms with van der Waals surface area (Å²) in [4.78, 5) is 20.3. The second-order valence-electron chi connectivity index (χ2n) is 8.45. The van der Waals surface area contributed by atoms with Crippen molar-refractivity contribution in [3.63, 3.8) is 0 Å². The van der Waals surface area contributed by atoms with Crippen LogP contribution in [0.3, 0.4) is 0 Å². The fourth-order valence-electron chi connectivity index (χ4n) is 4.13. The van der Waals surface area contributed by atoms with Crippen LogP contribution in [0, 0.1) is 0 Å². The first kappa shape index (κ1) is 24.2. The molecule has 1 aromatic heterocycles. The number of nitrogens with one attached hydrogen (secondary N) is 2. The lowest BCUT2D eigenvalue weighted by atomic mass is 10.1. The molecule has 0 aliphatic carbocycles. The van der Waals surface area contributed by atoms with Gasteiger partial charge in [-0.1, -0.05) is 30.3 Å². The maximum absolute atomic E-state index is 12.8. The van der Waals surface area contributed by atoms with Crippen LogP contribution >= 0.6 is 12.2 Å². The fourth-order valence-corrected chi connectivity index (χ4v) is 4.36. The van der Waals surface area contributed by atoms with Crippen LogP contribution in [0.15, 0.2) is 59.4 Å². The average Bonchev–Trinajstić information content (AvgIpc) is 2.88. The van der Waals surface area contributed by atoms with E-state index in [0.29, 0.717) is 23.8 Å². The highest BCUT2D eigenvalue weighted by molar-refractivity contribution is 7.80. The summed E-state index contributed by atoms with van der Waals surface area (Å²) in [6.45, 7) is 6.32. The van der Waals surface area contributed by atoms with Gasteiger partial charge in [0.25, 0.3) is 5.56 Å². The zero-order chi connectivity index (χ0) is 23.8. The van der Waals surface area contributed by atoms with Crippen molar-refractivity contribution >= 4 is 28.2 Å². The van der Waals surface area contributed by atoms with E-state index in [-0.39, 0.29) is 5.56 Å². The number of aromatic amines is 1. The highest BCUT2D eigenvalue weighted by Gasteiger charge is 2.15. The quantitative estimate of drug-likeness (QED) is 0.456. The summed E-state index contributed by atoms with van der Waals surface area (Å²) in [5, 5.41) is 4.96. The number of aromatic nitrogens is 1. The first-order valence-electron chi connectivity index (χ1n) is 11.7. The molecule has 0 saturated carbocycles. The molecule has 1 aliphatic rings. The lowest BCUT2D eigenvalue weighted by Crippen LogP contribution is -2.42. The first-order chi connectivity index (χ1) is 16.6. The summed E-state index contributed by atoms with van der Waals surface area (Å²) in [7, 11) is 1.64. The maximum Gasteiger partial charge on any atom is 0.253 e. The largest absolute Gasteiger partial charge is 0.497 e. The molecular formula is C26H32N4O3S. The predicted molar refractivity (Wildman–Crippen MR) is 139 cm³/mol. The number of pyridine rings is 1. The van der Waals surface area contributed by atoms with Crippen LogP contribution in [-0.4, -0.2) is 66.4 Å². The van der Waals surface area contributed by atoms with Gasteiger partial charge in [-0.3, -0.25) is 9.69 Å². The van der Waals surface area contributed by atoms with E-state index in [9.17, 15) is 4.79 Å². The molecule has 1 aliphatic heterocycles. The molecule has 4 rings (SSSR count). The van der Waals surface area contributed by atoms with Crippen molar-refractivity contribution in [1.29, 1.82) is 0 Å². The van der Waals surface area contributed by atoms with Crippen molar-refractivity contribution in [1.82, 2.24) is 20.1 Å². The van der Waals surface area contributed by atoms with Gasteiger partial charge in [-0.2, -0.15) is 0 Å². The van der Waals surface area contributed by atoms with E-state index in [1.807, 2.05) is 42.5 Å². The van der Waals surface area contributed by atoms with Crippen molar-refractivity contribution in [3.8, 4) is 5.75 Å². The molecule has 34 heavy (non-hydrogen) atoms. The first-order valence-corrected chi connectivity index (χ1v) is 12.1. The number of hydrogen-bond donors (Lipinski definition) is 2. The average molecular weight is 481 g/mol. The van der Waals surface area contributed by atoms with Gasteiger partial charge in [0.1, 0.15) is 5.75 Å². The second-order valence-corrected chi connectivity index (χ2v) is 8.84. The maximum atomic E-state index is 12.8. The van der Waals surface area contributed by atoms with E-state index >= 15 is 0 Å². The number of methoxy groups -OCH3 is 1. The van der Waals surface area contributed by atoms with Crippen molar-refractivity contribution in [3.05, 3.63) is 76.1 Å². The molecule has 1 saturated heterocycles. The van der Waals surface area contributed by atoms with Crippen LogP contribution in [0.5, 0.6) is 5.75 Å². The molecule has 180 valence electrons. The van der Waals surface area contributed by atoms with Gasteiger partial charge in [0, 0.05) is 49.2 Å². The van der Waals surface area contributed by atoms with Gasteiger partial charge < -0.3 is 24.7 Å². The lowest BCUT2D eigenvalue weighted by Gasteiger charge is -2.29. The molecule has 0 spiro atoms. The molecule has 0 unspecified atom stereocenters. The smallest absolute Gasteiger partial charge is 0.253 e. The Hall–Kier alpha value is -2.94. The summed E-state index contributed by atoms with van der Waals surface area (Å²) >= 11 is 5.77. The van der Waals surface area contributed by atoms with Crippen LogP contribution in [0.25, 0.3) is 10.9 Å². The van der Waals surface area contributed by atoms with Gasteiger partial charge in [0.2, 0.25) is 0 Å². The van der Waals surface area contributed by atoms with Crippen LogP contribution in [-0.2, 0) is 17.8 Å². The van der Waals surface area contributed by atoms with Gasteiger partial charge in [0.05, 0.1) is 26.9 Å². The van der Waals surface area contributed by atoms with Crippen LogP contribution in [0.4, 0.5) is 0 Å². The molecule has 0 atom stereocenters. The number of ether oxygens (including phenoxy) is 2. The SMILES string of the molecule is COc1ccc2[nH]c(=O)c(CN(CCCN3CCOCC3)C(=S)NCc3ccccc3)cc2c1. The Kier molecular flexibility index (Phi) is 8.51. The number of rotatable bonds is 9. The molecule has 2 heterocycles. The van der Waals surface area contributed by atoms with Crippen molar-refractivity contribution < 1.29 is 9.47 Å². The molecule has 0 radical (unpaired) electrons. The van der Waals surface area contributed by atoms with E-state index in [4.69, 9.17) is 21.7 Å². The van der Waals surface area contributed by atoms with Crippen molar-refractivity contribution in [2.24, 2.45) is 0 Å². The number of fused-ring (bicyclic) bond motifs is 1. The van der Waals surface area contributed by atoms with E-state index in [1.54, 1.807) is 7.11 Å². The zero-order valence-corrected chi connectivity index (χ0v) is 20.4. The molecule has 3 aromatic rings. The summed E-state index contributed by atoms with van der Waals surface area (Å²) < 4.78 is 10.8. The number of hydrogen-bond acceptors (Lipinski definition) is 5. The minimum Gasteiger partial charge on any atom is -0.497 e. The Morgan fingerprint density at radius 3 is 2.74 bits per heavy atom. The third kappa shape index (κ3) is 6.56. The number of benzene rings is 2. The van der Waals surface area contributed by atoms with E-state index in [0.717, 1.165) is 68.0 Å². The van der Waals surface area contributed by atoms with Crippen molar-refractivity contribution in [2.75, 3.05) is 46.5 Å². The molecule has 2 aromatic carbocycles. The Labute approximate surface area is 205 Å². The van der Waals surface area contributed by atoms with Crippen LogP contribution in [0.1, 0.15) is 17.5 Å². The third-order valence-corrected chi connectivity index (χ3v) is 6.47. The molecule has 0 amide bonds. The van der Waals surface area contributed by atoms with Gasteiger partial charge in [-0.15, -0.1) is 0 Å². The molecule has 0 bridgehead atoms. The third-order valence-electron chi connectivity index (χ3n) is 6.07. The minimum atomic E-state index is -0.0956. The standard InChI is InChI=1S/C26H32N4O3S/c1-32-23-8-9-24-21(17-23)16-22(25(31)28-24)19-30(11-5-10-29-12-14-33-15-13-29)26(34)27-18-20-6-3-2-4-7-20/h2-4,6-9,16-17H,5,10-15,18-19H2,1H3,(H,27,34)(H,28,31). The number of H-pyrrole nitrogens is 1. The molecule has 1 fully saturated rings. The summed E-state index contributed by atoms with van der Waals surface area (Å²) in [5.41, 5.74) is 2.53. The highest BCUT2D eigenvalue weighted by Crippen LogP contribution is 2.19. The van der Waals surface area contributed by atoms with Gasteiger partial charge in [-0.25, -0.2) is 0 Å². The summed E-state index contributed by atoms with van der Waals surface area (Å²) in [6, 6.07) is 17.8. The van der Waals surface area contributed by atoms with E-state index in [2.05, 4.69) is 32.2 Å². The topological polar surface area (TPSA) is 69.8 Å². The zero-order valence-electron chi connectivity index (χ0n) is 19.6. The molecule has 8 heteroatoms. The molecule has 7 nitrogen and oxygen atoms in total. The Morgan fingerprint density at radius 1 is 1.18 bits per heavy atom. The highest BCUT2D eigenvalue weighted by atomic mass is 32.1. The van der Waals surface area contributed by atoms with Crippen LogP contribution < -0.4 is 15.6 Å². The minimum absolute atomic E-state index is 0.0956. The van der Waals surface area contributed by atoms with Gasteiger partial charge in [0.15, 0.2) is 5.11 Å². The predicted octanol–water partition coefficient (Wildman–Crippen LogP) is 3.14. The fraction of sp³-hybridized carbons (Fsp3) is 0.385. The normalized spacial score (nSPS) is 14.1. The summed E-state index contributed by atoms with van der Waals surface area (Å²) in [6.07, 6.45) is 0.951. The van der Waals surface area contributed by atoms with Crippen molar-refractivity contribution in [2.45, 2.75) is 19.5 Å². The Balaban J connectivity index is 1.48. The monoisotopic (exact) mass is 480 g/mol. The molecule has 2 N–H and O–H groups in total. The second kappa shape index (κ2) is 12.0. The number of thiocarbonyl (C=S) groups is 1. The Morgan fingerprint density at radius 2 is 1.97 bits per heavy atom. The number of nitrogens with zero attached hydrogens (tertiary/aromatic N) is 2. The molecular weight excluding hydrogens is 448 g/mol. The van der Waals surface area contributed by atoms with Crippen LogP contribution in [0.2, 0.25) is 0 Å². The van der Waals surface area contributed by atoms with E-state index in [1.165, 1.54) is 0 Å². The Bertz CT molecular complexity index is 1150. The van der Waals surface area contributed by atoms with Gasteiger partial charge in [-0.05, 0) is 48.5 Å². The van der Waals surface area contributed by atoms with E-state index < -0.39 is 0 Å². The lowest BCUT2D eigenvalue weighted by molar-refractivity contribution is 0.0367. The number of morpholine rings is 1. The van der Waals surface area contributed by atoms with Gasteiger partial charge >= 0.3 is 0 Å².